The van der Waals surface area contributed by atoms with Gasteiger partial charge in [0, 0.05) is 37.0 Å². The Morgan fingerprint density at radius 3 is 2.59 bits per heavy atom. The molecule has 1 N–H and O–H groups in total. The molecule has 1 amide bonds. The monoisotopic (exact) mass is 422 g/mol. The van der Waals surface area contributed by atoms with Crippen molar-refractivity contribution in [2.75, 3.05) is 26.2 Å². The normalized spacial score (nSPS) is 20.0. The number of nitrogens with zero attached hydrogens (tertiary/aromatic N) is 3. The van der Waals surface area contributed by atoms with Gasteiger partial charge < -0.3 is 10.2 Å². The van der Waals surface area contributed by atoms with Gasteiger partial charge in [0.05, 0.1) is 5.69 Å². The Labute approximate surface area is 174 Å². The molecule has 0 atom stereocenters. The van der Waals surface area contributed by atoms with E-state index in [2.05, 4.69) is 10.4 Å². The summed E-state index contributed by atoms with van der Waals surface area (Å²) >= 11 is 0. The molecule has 3 aliphatic rings. The number of aromatic nitrogens is 2. The molecule has 0 unspecified atom stereocenters. The van der Waals surface area contributed by atoms with E-state index in [0.29, 0.717) is 16.8 Å². The number of hydrogen-bond acceptors (Lipinski definition) is 3. The van der Waals surface area contributed by atoms with Gasteiger partial charge in [0.15, 0.2) is 17.3 Å². The molecule has 8 heteroatoms. The van der Waals surface area contributed by atoms with Gasteiger partial charge >= 0.3 is 0 Å². The van der Waals surface area contributed by atoms with Crippen molar-refractivity contribution < 1.29 is 13.6 Å². The van der Waals surface area contributed by atoms with Crippen molar-refractivity contribution in [3.05, 3.63) is 46.8 Å². The lowest BCUT2D eigenvalue weighted by Gasteiger charge is -2.38. The zero-order valence-corrected chi connectivity index (χ0v) is 17.0. The Hall–Kier alpha value is -1.99. The fraction of sp³-hybridized carbons (Fsp3) is 0.524. The number of carbonyl (C=O) groups excluding carboxylic acids is 1. The first-order valence-corrected chi connectivity index (χ1v) is 10.1. The smallest absolute Gasteiger partial charge is 0.274 e. The number of fused-ring (bicyclic) bond motifs is 1. The lowest BCUT2D eigenvalue weighted by Crippen LogP contribution is -2.44. The second-order valence-corrected chi connectivity index (χ2v) is 8.36. The molecule has 156 valence electrons. The number of hydrogen-bond donors (Lipinski definition) is 1. The molecule has 0 saturated carbocycles. The third-order valence-corrected chi connectivity index (χ3v) is 6.72. The number of benzene rings is 1. The van der Waals surface area contributed by atoms with Crippen LogP contribution in [0, 0.1) is 17.0 Å². The van der Waals surface area contributed by atoms with Crippen LogP contribution in [0.3, 0.4) is 0 Å². The number of amides is 1. The molecule has 2 aromatic rings. The number of nitrogens with one attached hydrogen (secondary N) is 1. The van der Waals surface area contributed by atoms with Gasteiger partial charge in [-0.25, -0.2) is 13.5 Å². The summed E-state index contributed by atoms with van der Waals surface area (Å²) in [5.74, 6) is -1.81. The van der Waals surface area contributed by atoms with Crippen molar-refractivity contribution in [1.29, 1.82) is 0 Å². The Balaban J connectivity index is 0.00000205. The van der Waals surface area contributed by atoms with Crippen LogP contribution >= 0.6 is 12.4 Å². The third kappa shape index (κ3) is 3.44. The molecule has 2 aliphatic heterocycles. The molecule has 5 rings (SSSR count). The van der Waals surface area contributed by atoms with Crippen LogP contribution in [0.1, 0.15) is 47.4 Å². The first-order valence-electron chi connectivity index (χ1n) is 10.1. The number of rotatable bonds is 2. The van der Waals surface area contributed by atoms with Gasteiger partial charge in [0.2, 0.25) is 0 Å². The van der Waals surface area contributed by atoms with Crippen LogP contribution < -0.4 is 5.32 Å². The SMILES string of the molecule is Cl.O=C(c1nn(-c2ccc(F)c(F)c2)c2c1CCC2)N1CCC2(CCNC2)CC1. The maximum atomic E-state index is 13.7. The van der Waals surface area contributed by atoms with E-state index in [4.69, 9.17) is 0 Å². The maximum Gasteiger partial charge on any atom is 0.274 e. The Kier molecular flexibility index (Phi) is 5.38. The minimum Gasteiger partial charge on any atom is -0.337 e. The van der Waals surface area contributed by atoms with Gasteiger partial charge in [-0.3, -0.25) is 4.79 Å². The molecule has 1 aliphatic carbocycles. The van der Waals surface area contributed by atoms with Crippen molar-refractivity contribution in [3.63, 3.8) is 0 Å². The van der Waals surface area contributed by atoms with Crippen molar-refractivity contribution in [2.45, 2.75) is 38.5 Å². The number of likely N-dealkylation sites (tertiary alicyclic amines) is 1. The highest BCUT2D eigenvalue weighted by atomic mass is 35.5. The predicted molar refractivity (Wildman–Crippen MR) is 108 cm³/mol. The van der Waals surface area contributed by atoms with Crippen molar-refractivity contribution in [2.24, 2.45) is 5.41 Å². The van der Waals surface area contributed by atoms with Crippen molar-refractivity contribution >= 4 is 18.3 Å². The van der Waals surface area contributed by atoms with Gasteiger partial charge in [-0.15, -0.1) is 12.4 Å². The summed E-state index contributed by atoms with van der Waals surface area (Å²) < 4.78 is 28.7. The minimum absolute atomic E-state index is 0. The van der Waals surface area contributed by atoms with Crippen LogP contribution in [0.2, 0.25) is 0 Å². The molecule has 2 fully saturated rings. The third-order valence-electron chi connectivity index (χ3n) is 6.72. The van der Waals surface area contributed by atoms with Crippen LogP contribution in [0.15, 0.2) is 18.2 Å². The zero-order chi connectivity index (χ0) is 19.3. The zero-order valence-electron chi connectivity index (χ0n) is 16.2. The number of carbonyl (C=O) groups is 1. The molecular formula is C21H25ClF2N4O. The van der Waals surface area contributed by atoms with E-state index in [0.717, 1.165) is 81.7 Å². The van der Waals surface area contributed by atoms with Gasteiger partial charge in [0.25, 0.3) is 5.91 Å². The fourth-order valence-corrected chi connectivity index (χ4v) is 5.00. The van der Waals surface area contributed by atoms with E-state index in [1.54, 1.807) is 4.68 Å². The summed E-state index contributed by atoms with van der Waals surface area (Å²) in [6.45, 7) is 3.63. The molecule has 1 aromatic carbocycles. The Morgan fingerprint density at radius 1 is 1.10 bits per heavy atom. The van der Waals surface area contributed by atoms with Crippen molar-refractivity contribution in [3.8, 4) is 5.69 Å². The molecule has 0 radical (unpaired) electrons. The number of piperidine rings is 1. The van der Waals surface area contributed by atoms with Gasteiger partial charge in [-0.1, -0.05) is 0 Å². The first-order chi connectivity index (χ1) is 13.6. The highest BCUT2D eigenvalue weighted by molar-refractivity contribution is 5.94. The predicted octanol–water partition coefficient (Wildman–Crippen LogP) is 3.28. The second kappa shape index (κ2) is 7.69. The highest BCUT2D eigenvalue weighted by Gasteiger charge is 2.39. The summed E-state index contributed by atoms with van der Waals surface area (Å²) in [6, 6.07) is 3.76. The van der Waals surface area contributed by atoms with Gasteiger partial charge in [-0.05, 0) is 62.6 Å². The molecule has 2 saturated heterocycles. The summed E-state index contributed by atoms with van der Waals surface area (Å²) in [5.41, 5.74) is 3.22. The Morgan fingerprint density at radius 2 is 1.90 bits per heavy atom. The van der Waals surface area contributed by atoms with E-state index >= 15 is 0 Å². The van der Waals surface area contributed by atoms with Crippen LogP contribution in [-0.4, -0.2) is 46.8 Å². The summed E-state index contributed by atoms with van der Waals surface area (Å²) in [5, 5.41) is 8.01. The van der Waals surface area contributed by atoms with Gasteiger partial charge in [-0.2, -0.15) is 5.10 Å². The molecule has 5 nitrogen and oxygen atoms in total. The van der Waals surface area contributed by atoms with E-state index in [9.17, 15) is 13.6 Å². The molecule has 0 bridgehead atoms. The summed E-state index contributed by atoms with van der Waals surface area (Å²) in [4.78, 5) is 15.1. The topological polar surface area (TPSA) is 50.2 Å². The summed E-state index contributed by atoms with van der Waals surface area (Å²) in [6.07, 6.45) is 5.79. The van der Waals surface area contributed by atoms with Crippen LogP contribution in [0.5, 0.6) is 0 Å². The minimum atomic E-state index is -0.904. The molecule has 3 heterocycles. The van der Waals surface area contributed by atoms with Crippen LogP contribution in [-0.2, 0) is 12.8 Å². The average molecular weight is 423 g/mol. The van der Waals surface area contributed by atoms with Crippen LogP contribution in [0.4, 0.5) is 8.78 Å². The first kappa shape index (κ1) is 20.3. The standard InChI is InChI=1S/C21H24F2N4O.ClH/c22-16-5-4-14(12-17(16)23)27-18-3-1-2-15(18)19(25-27)20(28)26-10-7-21(8-11-26)6-9-24-13-21;/h4-5,12,24H,1-3,6-11,13H2;1H. The Bertz CT molecular complexity index is 929. The van der Waals surface area contributed by atoms with E-state index in [1.807, 2.05) is 4.90 Å². The van der Waals surface area contributed by atoms with Crippen molar-refractivity contribution in [1.82, 2.24) is 20.0 Å². The summed E-state index contributed by atoms with van der Waals surface area (Å²) in [7, 11) is 0. The molecule has 1 aromatic heterocycles. The lowest BCUT2D eigenvalue weighted by atomic mass is 9.78. The van der Waals surface area contributed by atoms with E-state index < -0.39 is 11.6 Å². The largest absolute Gasteiger partial charge is 0.337 e. The maximum absolute atomic E-state index is 13.7. The van der Waals surface area contributed by atoms with E-state index in [1.165, 1.54) is 12.5 Å². The lowest BCUT2D eigenvalue weighted by molar-refractivity contribution is 0.0600. The second-order valence-electron chi connectivity index (χ2n) is 8.36. The number of halogens is 3. The average Bonchev–Trinajstić information content (AvgIpc) is 3.41. The molecule has 1 spiro atoms. The van der Waals surface area contributed by atoms with Gasteiger partial charge in [0.1, 0.15) is 0 Å². The fourth-order valence-electron chi connectivity index (χ4n) is 5.00. The highest BCUT2D eigenvalue weighted by Crippen LogP contribution is 2.38. The van der Waals surface area contributed by atoms with Crippen LogP contribution in [0.25, 0.3) is 5.69 Å². The van der Waals surface area contributed by atoms with E-state index in [-0.39, 0.29) is 18.3 Å². The molecule has 29 heavy (non-hydrogen) atoms. The quantitative estimate of drug-likeness (QED) is 0.808. The molecular weight excluding hydrogens is 398 g/mol.